The Kier molecular flexibility index (Phi) is 6.37. The predicted molar refractivity (Wildman–Crippen MR) is 82.8 cm³/mol. The number of ether oxygens (including phenoxy) is 1. The van der Waals surface area contributed by atoms with Crippen molar-refractivity contribution >= 4 is 28.9 Å². The van der Waals surface area contributed by atoms with E-state index >= 15 is 0 Å². The van der Waals surface area contributed by atoms with Gasteiger partial charge in [0.15, 0.2) is 5.75 Å². The third kappa shape index (κ3) is 5.19. The summed E-state index contributed by atoms with van der Waals surface area (Å²) < 4.78 is 28.8. The quantitative estimate of drug-likeness (QED) is 0.667. The molecule has 0 bridgehead atoms. The maximum atomic E-state index is 12.3. The molecule has 0 spiro atoms. The topological polar surface area (TPSA) is 21.3 Å². The van der Waals surface area contributed by atoms with Crippen molar-refractivity contribution < 1.29 is 13.5 Å². The molecule has 21 heavy (non-hydrogen) atoms. The van der Waals surface area contributed by atoms with Crippen LogP contribution in [0.25, 0.3) is 0 Å². The summed E-state index contributed by atoms with van der Waals surface area (Å²) in [6.45, 7) is -2.09. The fourth-order valence-electron chi connectivity index (χ4n) is 2.69. The van der Waals surface area contributed by atoms with Gasteiger partial charge in [0.2, 0.25) is 0 Å². The van der Waals surface area contributed by atoms with Crippen LogP contribution in [0.4, 0.5) is 14.5 Å². The lowest BCUT2D eigenvalue weighted by Gasteiger charge is -2.17. The maximum absolute atomic E-state index is 12.3. The lowest BCUT2D eigenvalue weighted by Crippen LogP contribution is -2.13. The van der Waals surface area contributed by atoms with Gasteiger partial charge in [-0.3, -0.25) is 0 Å². The molecular weight excluding hydrogens is 319 g/mol. The summed E-state index contributed by atoms with van der Waals surface area (Å²) in [5.74, 6) is 0.468. The van der Waals surface area contributed by atoms with Crippen LogP contribution in [0.15, 0.2) is 12.1 Å². The van der Waals surface area contributed by atoms with E-state index in [1.54, 1.807) is 12.1 Å². The largest absolute Gasteiger partial charge is 0.432 e. The molecule has 0 aliphatic heterocycles. The van der Waals surface area contributed by atoms with E-state index in [2.05, 4.69) is 10.1 Å². The summed E-state index contributed by atoms with van der Waals surface area (Å²) in [6.07, 6.45) is 7.62. The molecule has 1 fully saturated rings. The van der Waals surface area contributed by atoms with Gasteiger partial charge in [-0.2, -0.15) is 8.78 Å². The van der Waals surface area contributed by atoms with Crippen LogP contribution in [0.5, 0.6) is 5.75 Å². The van der Waals surface area contributed by atoms with Gasteiger partial charge in [0.05, 0.1) is 10.0 Å². The molecule has 2 nitrogen and oxygen atoms in total. The highest BCUT2D eigenvalue weighted by Crippen LogP contribution is 2.37. The third-order valence-electron chi connectivity index (χ3n) is 3.77. The summed E-state index contributed by atoms with van der Waals surface area (Å²) in [5.41, 5.74) is 0.732. The van der Waals surface area contributed by atoms with Crippen LogP contribution in [-0.2, 0) is 0 Å². The molecule has 0 saturated heterocycles. The highest BCUT2D eigenvalue weighted by molar-refractivity contribution is 6.37. The average Bonchev–Trinajstić information content (AvgIpc) is 2.69. The maximum Gasteiger partial charge on any atom is 0.387 e. The van der Waals surface area contributed by atoms with Crippen molar-refractivity contribution in [3.63, 3.8) is 0 Å². The molecule has 0 radical (unpaired) electrons. The lowest BCUT2D eigenvalue weighted by molar-refractivity contribution is -0.0497. The number of nitrogens with one attached hydrogen (secondary N) is 1. The van der Waals surface area contributed by atoms with Crippen LogP contribution in [0.3, 0.4) is 0 Å². The Morgan fingerprint density at radius 2 is 1.67 bits per heavy atom. The zero-order chi connectivity index (χ0) is 15.2. The fraction of sp³-hybridized carbons (Fsp3) is 0.600. The Morgan fingerprint density at radius 3 is 2.19 bits per heavy atom. The molecule has 1 aromatic rings. The monoisotopic (exact) mass is 337 g/mol. The second-order valence-corrected chi connectivity index (χ2v) is 6.20. The SMILES string of the molecule is FC(F)Oc1c(Cl)cc(NCC2CCCCCC2)cc1Cl. The van der Waals surface area contributed by atoms with Gasteiger partial charge in [-0.05, 0) is 30.9 Å². The molecule has 1 aromatic carbocycles. The molecule has 1 N–H and O–H groups in total. The zero-order valence-corrected chi connectivity index (χ0v) is 13.2. The van der Waals surface area contributed by atoms with Crippen LogP contribution in [0.1, 0.15) is 38.5 Å². The smallest absolute Gasteiger partial charge is 0.387 e. The molecule has 0 unspecified atom stereocenters. The Bertz CT molecular complexity index is 440. The van der Waals surface area contributed by atoms with Crippen LogP contribution in [-0.4, -0.2) is 13.2 Å². The van der Waals surface area contributed by atoms with E-state index in [-0.39, 0.29) is 15.8 Å². The first-order chi connectivity index (χ1) is 10.1. The molecule has 118 valence electrons. The van der Waals surface area contributed by atoms with Crippen molar-refractivity contribution in [1.82, 2.24) is 0 Å². The van der Waals surface area contributed by atoms with Crippen molar-refractivity contribution in [2.75, 3.05) is 11.9 Å². The Morgan fingerprint density at radius 1 is 1.10 bits per heavy atom. The number of alkyl halides is 2. The van der Waals surface area contributed by atoms with Gasteiger partial charge < -0.3 is 10.1 Å². The van der Waals surface area contributed by atoms with Gasteiger partial charge in [0.25, 0.3) is 0 Å². The number of hydrogen-bond donors (Lipinski definition) is 1. The first-order valence-corrected chi connectivity index (χ1v) is 7.99. The van der Waals surface area contributed by atoms with Crippen LogP contribution >= 0.6 is 23.2 Å². The molecule has 1 aliphatic rings. The summed E-state index contributed by atoms with van der Waals surface area (Å²) in [6, 6.07) is 3.14. The normalized spacial score (nSPS) is 16.8. The van der Waals surface area contributed by atoms with Gasteiger partial charge in [-0.1, -0.05) is 48.9 Å². The minimum absolute atomic E-state index is 0.0890. The fourth-order valence-corrected chi connectivity index (χ4v) is 3.27. The van der Waals surface area contributed by atoms with Gasteiger partial charge in [-0.15, -0.1) is 0 Å². The van der Waals surface area contributed by atoms with Crippen molar-refractivity contribution in [2.45, 2.75) is 45.1 Å². The van der Waals surface area contributed by atoms with Gasteiger partial charge in [0.1, 0.15) is 0 Å². The molecule has 1 aliphatic carbocycles. The molecule has 2 rings (SSSR count). The number of rotatable bonds is 5. The summed E-state index contributed by atoms with van der Waals surface area (Å²) in [5, 5.41) is 3.47. The van der Waals surface area contributed by atoms with Gasteiger partial charge in [-0.25, -0.2) is 0 Å². The first kappa shape index (κ1) is 16.6. The molecule has 0 heterocycles. The number of halogens is 4. The average molecular weight is 338 g/mol. The number of anilines is 1. The van der Waals surface area contributed by atoms with E-state index in [1.165, 1.54) is 38.5 Å². The molecule has 6 heteroatoms. The molecule has 0 amide bonds. The van der Waals surface area contributed by atoms with Crippen molar-refractivity contribution in [1.29, 1.82) is 0 Å². The summed E-state index contributed by atoms with van der Waals surface area (Å²) >= 11 is 11.9. The zero-order valence-electron chi connectivity index (χ0n) is 11.7. The van der Waals surface area contributed by atoms with Crippen molar-refractivity contribution in [2.24, 2.45) is 5.92 Å². The Hall–Kier alpha value is -0.740. The van der Waals surface area contributed by atoms with E-state index in [0.29, 0.717) is 5.92 Å². The second-order valence-electron chi connectivity index (χ2n) is 5.39. The lowest BCUT2D eigenvalue weighted by atomic mass is 10.0. The highest BCUT2D eigenvalue weighted by Gasteiger charge is 2.16. The van der Waals surface area contributed by atoms with E-state index in [1.807, 2.05) is 0 Å². The van der Waals surface area contributed by atoms with Crippen LogP contribution < -0.4 is 10.1 Å². The van der Waals surface area contributed by atoms with Gasteiger partial charge >= 0.3 is 6.61 Å². The molecule has 0 atom stereocenters. The minimum Gasteiger partial charge on any atom is -0.432 e. The van der Waals surface area contributed by atoms with Crippen LogP contribution in [0.2, 0.25) is 10.0 Å². The molecule has 0 aromatic heterocycles. The number of benzene rings is 1. The molecule has 1 saturated carbocycles. The highest BCUT2D eigenvalue weighted by atomic mass is 35.5. The number of hydrogen-bond acceptors (Lipinski definition) is 2. The minimum atomic E-state index is -2.94. The summed E-state index contributed by atoms with van der Waals surface area (Å²) in [7, 11) is 0. The van der Waals surface area contributed by atoms with Crippen LogP contribution in [0, 0.1) is 5.92 Å². The molecular formula is C15H19Cl2F2NO. The first-order valence-electron chi connectivity index (χ1n) is 7.24. The van der Waals surface area contributed by atoms with E-state index in [4.69, 9.17) is 23.2 Å². The predicted octanol–water partition coefficient (Wildman–Crippen LogP) is 5.98. The van der Waals surface area contributed by atoms with E-state index in [9.17, 15) is 8.78 Å². The third-order valence-corrected chi connectivity index (χ3v) is 4.34. The Balaban J connectivity index is 1.97. The summed E-state index contributed by atoms with van der Waals surface area (Å²) in [4.78, 5) is 0. The second kappa shape index (κ2) is 8.04. The standard InChI is InChI=1S/C15H19Cl2F2NO/c16-12-7-11(8-13(17)14(12)21-15(18)19)20-9-10-5-3-1-2-4-6-10/h7-8,10,15,20H,1-6,9H2. The Labute approximate surface area is 133 Å². The van der Waals surface area contributed by atoms with Crippen molar-refractivity contribution in [3.8, 4) is 5.75 Å². The van der Waals surface area contributed by atoms with Gasteiger partial charge in [0, 0.05) is 12.2 Å². The van der Waals surface area contributed by atoms with E-state index in [0.717, 1.165) is 12.2 Å². The van der Waals surface area contributed by atoms with E-state index < -0.39 is 6.61 Å². The van der Waals surface area contributed by atoms with Crippen molar-refractivity contribution in [3.05, 3.63) is 22.2 Å².